The Bertz CT molecular complexity index is 813. The zero-order chi connectivity index (χ0) is 17.4. The van der Waals surface area contributed by atoms with Gasteiger partial charge in [-0.25, -0.2) is 0 Å². The van der Waals surface area contributed by atoms with Gasteiger partial charge in [0.25, 0.3) is 5.56 Å². The Morgan fingerprint density at radius 2 is 2.00 bits per heavy atom. The van der Waals surface area contributed by atoms with Crippen LogP contribution in [0.3, 0.4) is 0 Å². The molecule has 0 fully saturated rings. The van der Waals surface area contributed by atoms with Crippen LogP contribution in [-0.4, -0.2) is 27.9 Å². The third kappa shape index (κ3) is 4.59. The molecule has 3 aromatic rings. The fraction of sp³-hybridized carbons (Fsp3) is 0.294. The third-order valence-electron chi connectivity index (χ3n) is 3.62. The summed E-state index contributed by atoms with van der Waals surface area (Å²) in [7, 11) is 0. The Morgan fingerprint density at radius 1 is 1.25 bits per heavy atom. The van der Waals surface area contributed by atoms with Crippen LogP contribution in [0.15, 0.2) is 41.3 Å². The highest BCUT2D eigenvalue weighted by Gasteiger charge is 2.09. The number of nitrogens with two attached hydrogens (primary N) is 1. The molecule has 24 heavy (non-hydrogen) atoms. The molecular formula is C17H22ClN5O. The number of anilines is 1. The van der Waals surface area contributed by atoms with Crippen molar-refractivity contribution in [3.8, 4) is 0 Å². The van der Waals surface area contributed by atoms with Gasteiger partial charge >= 0.3 is 0 Å². The number of fused-ring (bicyclic) bond motifs is 1. The number of alkyl halides is 1. The second-order valence-electron chi connectivity index (χ2n) is 5.25. The van der Waals surface area contributed by atoms with E-state index in [4.69, 9.17) is 5.73 Å². The summed E-state index contributed by atoms with van der Waals surface area (Å²) in [5, 5.41) is 3.93. The maximum atomic E-state index is 11.9. The molecule has 128 valence electrons. The summed E-state index contributed by atoms with van der Waals surface area (Å²) in [5.41, 5.74) is 8.10. The van der Waals surface area contributed by atoms with Crippen molar-refractivity contribution in [2.75, 3.05) is 18.7 Å². The number of nitrogens with zero attached hydrogens (tertiary/aromatic N) is 1. The summed E-state index contributed by atoms with van der Waals surface area (Å²) in [6, 6.07) is 10.4. The molecule has 7 heteroatoms. The van der Waals surface area contributed by atoms with E-state index in [1.54, 1.807) is 6.20 Å². The number of rotatable bonds is 6. The molecule has 2 heterocycles. The highest BCUT2D eigenvalue weighted by atomic mass is 35.5. The van der Waals surface area contributed by atoms with Gasteiger partial charge in [-0.1, -0.05) is 30.3 Å². The maximum absolute atomic E-state index is 11.9. The summed E-state index contributed by atoms with van der Waals surface area (Å²) in [5.74, 6) is 0.127. The van der Waals surface area contributed by atoms with Gasteiger partial charge in [0.05, 0.1) is 5.39 Å². The van der Waals surface area contributed by atoms with Crippen LogP contribution in [0.5, 0.6) is 0 Å². The lowest BCUT2D eigenvalue weighted by Gasteiger charge is -2.04. The van der Waals surface area contributed by atoms with Crippen LogP contribution in [0.25, 0.3) is 11.0 Å². The number of hydrogen-bond donors (Lipinski definition) is 4. The van der Waals surface area contributed by atoms with E-state index in [0.717, 1.165) is 24.9 Å². The number of aryl methyl sites for hydroxylation is 1. The van der Waals surface area contributed by atoms with E-state index in [1.807, 2.05) is 6.07 Å². The summed E-state index contributed by atoms with van der Waals surface area (Å²) in [6.07, 6.45) is 5.37. The lowest BCUT2D eigenvalue weighted by atomic mass is 10.1. The molecule has 0 unspecified atom stereocenters. The minimum Gasteiger partial charge on any atom is -0.369 e. The van der Waals surface area contributed by atoms with Gasteiger partial charge in [0, 0.05) is 19.1 Å². The van der Waals surface area contributed by atoms with E-state index >= 15 is 0 Å². The summed E-state index contributed by atoms with van der Waals surface area (Å²) in [6.45, 7) is 1.52. The fourth-order valence-electron chi connectivity index (χ4n) is 2.55. The molecule has 5 N–H and O–H groups in total. The van der Waals surface area contributed by atoms with Gasteiger partial charge in [-0.3, -0.25) is 9.78 Å². The van der Waals surface area contributed by atoms with Crippen molar-refractivity contribution < 1.29 is 0 Å². The lowest BCUT2D eigenvalue weighted by Crippen LogP contribution is -2.17. The summed E-state index contributed by atoms with van der Waals surface area (Å²) >= 11 is 4.64. The highest BCUT2D eigenvalue weighted by molar-refractivity contribution is 6.15. The topological polar surface area (TPSA) is 99.6 Å². The van der Waals surface area contributed by atoms with Crippen LogP contribution in [0.2, 0.25) is 0 Å². The molecule has 0 bridgehead atoms. The molecule has 1 aromatic carbocycles. The third-order valence-corrected chi connectivity index (χ3v) is 3.62. The molecule has 0 aliphatic carbocycles. The Morgan fingerprint density at radius 3 is 2.75 bits per heavy atom. The van der Waals surface area contributed by atoms with Crippen LogP contribution in [0.1, 0.15) is 17.5 Å². The van der Waals surface area contributed by atoms with Gasteiger partial charge in [0.2, 0.25) is 5.95 Å². The van der Waals surface area contributed by atoms with Crippen molar-refractivity contribution in [2.45, 2.75) is 19.4 Å². The largest absolute Gasteiger partial charge is 0.369 e. The Kier molecular flexibility index (Phi) is 6.84. The van der Waals surface area contributed by atoms with Crippen molar-refractivity contribution in [1.82, 2.24) is 20.3 Å². The summed E-state index contributed by atoms with van der Waals surface area (Å²) in [4.78, 5) is 21.5. The van der Waals surface area contributed by atoms with E-state index in [1.165, 1.54) is 11.9 Å². The van der Waals surface area contributed by atoms with Crippen LogP contribution < -0.4 is 16.6 Å². The number of nitrogens with one attached hydrogen (secondary N) is 3. The molecule has 0 aliphatic rings. The van der Waals surface area contributed by atoms with E-state index in [9.17, 15) is 4.79 Å². The van der Waals surface area contributed by atoms with E-state index in [0.29, 0.717) is 17.6 Å². The van der Waals surface area contributed by atoms with E-state index < -0.39 is 0 Å². The van der Waals surface area contributed by atoms with Crippen LogP contribution in [-0.2, 0) is 13.0 Å². The smallest absolute Gasteiger partial charge is 0.262 e. The number of nitrogen functional groups attached to an aromatic ring is 1. The number of aromatic amines is 2. The Labute approximate surface area is 145 Å². The number of aromatic nitrogens is 3. The average molecular weight is 348 g/mol. The molecule has 0 saturated carbocycles. The molecule has 0 radical (unpaired) electrons. The van der Waals surface area contributed by atoms with Crippen molar-refractivity contribution in [2.24, 2.45) is 0 Å². The molecular weight excluding hydrogens is 326 g/mol. The van der Waals surface area contributed by atoms with Gasteiger partial charge < -0.3 is 16.0 Å². The first-order valence-corrected chi connectivity index (χ1v) is 8.48. The fourth-order valence-corrected chi connectivity index (χ4v) is 2.55. The SMILES string of the molecule is CCl.Nc1nc2[nH]cc(CNCCCc3ccccc3)c2c(=O)[nH]1. The molecule has 0 spiro atoms. The molecule has 6 nitrogen and oxygen atoms in total. The standard InChI is InChI=1S/C16H19N5O.CH3Cl/c17-16-20-14-13(15(22)21-16)12(10-19-14)9-18-8-4-7-11-5-2-1-3-6-11;1-2/h1-3,5-6,10,18H,4,7-9H2,(H4,17,19,20,21,22);1H3. The second-order valence-corrected chi connectivity index (χ2v) is 5.25. The number of H-pyrrole nitrogens is 2. The first-order chi connectivity index (χ1) is 11.7. The number of benzene rings is 1. The van der Waals surface area contributed by atoms with Crippen LogP contribution in [0, 0.1) is 0 Å². The quantitative estimate of drug-likeness (QED) is 0.406. The predicted octanol–water partition coefficient (Wildman–Crippen LogP) is 2.41. The molecule has 0 amide bonds. The second kappa shape index (κ2) is 9.10. The zero-order valence-corrected chi connectivity index (χ0v) is 14.4. The lowest BCUT2D eigenvalue weighted by molar-refractivity contribution is 0.651. The molecule has 0 aliphatic heterocycles. The summed E-state index contributed by atoms with van der Waals surface area (Å²) < 4.78 is 0. The van der Waals surface area contributed by atoms with Crippen molar-refractivity contribution in [3.63, 3.8) is 0 Å². The van der Waals surface area contributed by atoms with Crippen molar-refractivity contribution in [3.05, 3.63) is 58.0 Å². The number of hydrogen-bond acceptors (Lipinski definition) is 4. The van der Waals surface area contributed by atoms with Crippen LogP contribution >= 0.6 is 11.6 Å². The monoisotopic (exact) mass is 347 g/mol. The Balaban J connectivity index is 0.00000100. The Hall–Kier alpha value is -2.31. The van der Waals surface area contributed by atoms with Gasteiger partial charge in [-0.05, 0) is 30.5 Å². The van der Waals surface area contributed by atoms with Gasteiger partial charge in [0.1, 0.15) is 5.65 Å². The minimum atomic E-state index is -0.204. The molecule has 3 rings (SSSR count). The molecule has 0 saturated heterocycles. The van der Waals surface area contributed by atoms with Gasteiger partial charge in [-0.2, -0.15) is 4.98 Å². The highest BCUT2D eigenvalue weighted by Crippen LogP contribution is 2.12. The van der Waals surface area contributed by atoms with Crippen molar-refractivity contribution in [1.29, 1.82) is 0 Å². The average Bonchev–Trinajstić information content (AvgIpc) is 3.00. The van der Waals surface area contributed by atoms with E-state index in [2.05, 4.69) is 56.1 Å². The van der Waals surface area contributed by atoms with Crippen LogP contribution in [0.4, 0.5) is 5.95 Å². The number of halogens is 1. The van der Waals surface area contributed by atoms with Crippen molar-refractivity contribution >= 4 is 28.6 Å². The van der Waals surface area contributed by atoms with E-state index in [-0.39, 0.29) is 11.5 Å². The van der Waals surface area contributed by atoms with Gasteiger partial charge in [-0.15, -0.1) is 11.6 Å². The molecule has 0 atom stereocenters. The maximum Gasteiger partial charge on any atom is 0.262 e. The predicted molar refractivity (Wildman–Crippen MR) is 99.4 cm³/mol. The zero-order valence-electron chi connectivity index (χ0n) is 13.6. The first kappa shape index (κ1) is 18.0. The normalized spacial score (nSPS) is 10.4. The minimum absolute atomic E-state index is 0.127. The van der Waals surface area contributed by atoms with Gasteiger partial charge in [0.15, 0.2) is 0 Å². The molecule has 2 aromatic heterocycles. The first-order valence-electron chi connectivity index (χ1n) is 7.72.